The number of alkyl halides is 3. The van der Waals surface area contributed by atoms with Gasteiger partial charge in [0.05, 0.1) is 11.6 Å². The fraction of sp³-hybridized carbons (Fsp3) is 0.348. The maximum absolute atomic E-state index is 13.0. The van der Waals surface area contributed by atoms with E-state index in [2.05, 4.69) is 11.9 Å². The van der Waals surface area contributed by atoms with Crippen LogP contribution in [0.4, 0.5) is 13.2 Å². The van der Waals surface area contributed by atoms with Crippen molar-refractivity contribution in [1.29, 1.82) is 0 Å². The van der Waals surface area contributed by atoms with Crippen molar-refractivity contribution < 1.29 is 22.7 Å². The lowest BCUT2D eigenvalue weighted by Gasteiger charge is -2.37. The number of ether oxygens (including phenoxy) is 1. The summed E-state index contributed by atoms with van der Waals surface area (Å²) in [5, 5.41) is 2.15. The molecule has 29 heavy (non-hydrogen) atoms. The highest BCUT2D eigenvalue weighted by Gasteiger charge is 2.42. The number of carbonyl (C=O) groups is 1. The van der Waals surface area contributed by atoms with Crippen LogP contribution in [0.25, 0.3) is 0 Å². The van der Waals surface area contributed by atoms with Gasteiger partial charge in [-0.3, -0.25) is 4.79 Å². The van der Waals surface area contributed by atoms with Crippen LogP contribution in [0.5, 0.6) is 0 Å². The molecule has 0 heterocycles. The highest BCUT2D eigenvalue weighted by molar-refractivity contribution is 5.82. The van der Waals surface area contributed by atoms with Crippen molar-refractivity contribution in [3.63, 3.8) is 0 Å². The molecule has 0 aliphatic rings. The van der Waals surface area contributed by atoms with Gasteiger partial charge in [0.1, 0.15) is 6.10 Å². The van der Waals surface area contributed by atoms with Gasteiger partial charge in [-0.15, -0.1) is 6.58 Å². The van der Waals surface area contributed by atoms with Gasteiger partial charge in [0.15, 0.2) is 0 Å². The summed E-state index contributed by atoms with van der Waals surface area (Å²) in [4.78, 5) is 11.8. The van der Waals surface area contributed by atoms with Crippen molar-refractivity contribution in [3.8, 4) is 0 Å². The standard InChI is InChI=1S/C23H26F3NO2/c1-4-16-22(3,5-2)29-20(18-14-10-7-11-15-18)19(17-12-8-6-9-13-17)27-21(28)23(24,25)26/h4,6-15,19-20H,1,5,16H2,2-3H3,(H,27,28)/t19-,20+,22-/m0/s1. The van der Waals surface area contributed by atoms with E-state index in [0.717, 1.165) is 0 Å². The molecule has 0 aliphatic carbocycles. The lowest BCUT2D eigenvalue weighted by atomic mass is 9.92. The number of hydrogen-bond donors (Lipinski definition) is 1. The minimum Gasteiger partial charge on any atom is -0.365 e. The molecule has 1 amide bonds. The summed E-state index contributed by atoms with van der Waals surface area (Å²) in [6.07, 6.45) is -2.96. The molecule has 0 bridgehead atoms. The van der Waals surface area contributed by atoms with Gasteiger partial charge < -0.3 is 10.1 Å². The molecule has 156 valence electrons. The lowest BCUT2D eigenvalue weighted by molar-refractivity contribution is -0.177. The first-order valence-corrected chi connectivity index (χ1v) is 9.46. The molecule has 3 nitrogen and oxygen atoms in total. The van der Waals surface area contributed by atoms with Gasteiger partial charge >= 0.3 is 12.1 Å². The number of carbonyl (C=O) groups excluding carboxylic acids is 1. The van der Waals surface area contributed by atoms with Crippen LogP contribution in [-0.2, 0) is 9.53 Å². The number of rotatable bonds is 9. The molecule has 0 spiro atoms. The maximum Gasteiger partial charge on any atom is 0.471 e. The molecule has 0 radical (unpaired) electrons. The third kappa shape index (κ3) is 6.19. The van der Waals surface area contributed by atoms with Crippen molar-refractivity contribution in [2.24, 2.45) is 0 Å². The van der Waals surface area contributed by atoms with Gasteiger partial charge in [-0.05, 0) is 30.9 Å². The van der Waals surface area contributed by atoms with E-state index in [0.29, 0.717) is 24.0 Å². The SMILES string of the molecule is C=CC[C@](C)(CC)O[C@H](c1ccccc1)[C@@H](NC(=O)C(F)(F)F)c1ccccc1. The van der Waals surface area contributed by atoms with Crippen LogP contribution >= 0.6 is 0 Å². The Morgan fingerprint density at radius 3 is 2.03 bits per heavy atom. The molecular weight excluding hydrogens is 379 g/mol. The van der Waals surface area contributed by atoms with Crippen LogP contribution in [0.1, 0.15) is 50.0 Å². The minimum atomic E-state index is -5.00. The van der Waals surface area contributed by atoms with Gasteiger partial charge in [-0.25, -0.2) is 0 Å². The van der Waals surface area contributed by atoms with E-state index in [4.69, 9.17) is 4.74 Å². The van der Waals surface area contributed by atoms with Crippen LogP contribution in [0, 0.1) is 0 Å². The Morgan fingerprint density at radius 2 is 1.59 bits per heavy atom. The first-order valence-electron chi connectivity index (χ1n) is 9.46. The Kier molecular flexibility index (Phi) is 7.62. The summed E-state index contributed by atoms with van der Waals surface area (Å²) < 4.78 is 45.5. The summed E-state index contributed by atoms with van der Waals surface area (Å²) in [5.74, 6) is -2.00. The largest absolute Gasteiger partial charge is 0.471 e. The average molecular weight is 405 g/mol. The van der Waals surface area contributed by atoms with Gasteiger partial charge in [-0.2, -0.15) is 13.2 Å². The van der Waals surface area contributed by atoms with Gasteiger partial charge in [0.25, 0.3) is 0 Å². The topological polar surface area (TPSA) is 38.3 Å². The average Bonchev–Trinajstić information content (AvgIpc) is 2.71. The van der Waals surface area contributed by atoms with E-state index in [1.165, 1.54) is 0 Å². The summed E-state index contributed by atoms with van der Waals surface area (Å²) in [5.41, 5.74) is 0.543. The molecule has 0 unspecified atom stereocenters. The molecule has 2 aromatic rings. The summed E-state index contributed by atoms with van der Waals surface area (Å²) in [6.45, 7) is 7.59. The maximum atomic E-state index is 13.0. The third-order valence-electron chi connectivity index (χ3n) is 4.87. The van der Waals surface area contributed by atoms with Crippen LogP contribution in [0.3, 0.4) is 0 Å². The smallest absolute Gasteiger partial charge is 0.365 e. The fourth-order valence-electron chi connectivity index (χ4n) is 3.08. The highest BCUT2D eigenvalue weighted by Crippen LogP contribution is 2.38. The molecule has 2 aromatic carbocycles. The first-order chi connectivity index (χ1) is 13.7. The van der Waals surface area contributed by atoms with E-state index in [1.807, 2.05) is 19.9 Å². The number of halogens is 3. The zero-order chi connectivity index (χ0) is 21.5. The molecule has 0 saturated carbocycles. The van der Waals surface area contributed by atoms with Crippen molar-refractivity contribution in [2.75, 3.05) is 0 Å². The quantitative estimate of drug-likeness (QED) is 0.527. The third-order valence-corrected chi connectivity index (χ3v) is 4.87. The Hall–Kier alpha value is -2.60. The van der Waals surface area contributed by atoms with E-state index in [9.17, 15) is 18.0 Å². The van der Waals surface area contributed by atoms with Gasteiger partial charge in [0, 0.05) is 0 Å². The second-order valence-electron chi connectivity index (χ2n) is 7.10. The van der Waals surface area contributed by atoms with Gasteiger partial charge in [-0.1, -0.05) is 73.7 Å². The number of nitrogens with one attached hydrogen (secondary N) is 1. The Morgan fingerprint density at radius 1 is 1.07 bits per heavy atom. The number of amides is 1. The zero-order valence-electron chi connectivity index (χ0n) is 16.6. The van der Waals surface area contributed by atoms with Crippen LogP contribution < -0.4 is 5.32 Å². The molecule has 3 atom stereocenters. The molecule has 0 aromatic heterocycles. The van der Waals surface area contributed by atoms with Crippen LogP contribution in [-0.4, -0.2) is 17.7 Å². The van der Waals surface area contributed by atoms with Crippen LogP contribution in [0.15, 0.2) is 73.3 Å². The van der Waals surface area contributed by atoms with Crippen LogP contribution in [0.2, 0.25) is 0 Å². The van der Waals surface area contributed by atoms with E-state index < -0.39 is 29.8 Å². The first kappa shape index (κ1) is 22.7. The van der Waals surface area contributed by atoms with Crippen molar-refractivity contribution in [2.45, 2.75) is 50.6 Å². The Bertz CT molecular complexity index is 793. The fourth-order valence-corrected chi connectivity index (χ4v) is 3.08. The van der Waals surface area contributed by atoms with E-state index >= 15 is 0 Å². The summed E-state index contributed by atoms with van der Waals surface area (Å²) in [6, 6.07) is 16.5. The van der Waals surface area contributed by atoms with Crippen molar-refractivity contribution in [1.82, 2.24) is 5.32 Å². The summed E-state index contributed by atoms with van der Waals surface area (Å²) in [7, 11) is 0. The predicted octanol–water partition coefficient (Wildman–Crippen LogP) is 5.91. The second kappa shape index (κ2) is 9.74. The zero-order valence-corrected chi connectivity index (χ0v) is 16.6. The van der Waals surface area contributed by atoms with E-state index in [-0.39, 0.29) is 0 Å². The van der Waals surface area contributed by atoms with Gasteiger partial charge in [0.2, 0.25) is 0 Å². The molecule has 1 N–H and O–H groups in total. The predicted molar refractivity (Wildman–Crippen MR) is 107 cm³/mol. The summed E-state index contributed by atoms with van der Waals surface area (Å²) >= 11 is 0. The minimum absolute atomic E-state index is 0.515. The highest BCUT2D eigenvalue weighted by atomic mass is 19.4. The molecule has 6 heteroatoms. The molecular formula is C23H26F3NO2. The molecule has 2 rings (SSSR count). The van der Waals surface area contributed by atoms with Crippen molar-refractivity contribution in [3.05, 3.63) is 84.4 Å². The molecule has 0 fully saturated rings. The number of benzene rings is 2. The lowest BCUT2D eigenvalue weighted by Crippen LogP contribution is -2.43. The Balaban J connectivity index is 2.54. The molecule has 0 aliphatic heterocycles. The normalized spacial score (nSPS) is 15.8. The Labute approximate surface area is 169 Å². The molecule has 0 saturated heterocycles. The van der Waals surface area contributed by atoms with Crippen molar-refractivity contribution >= 4 is 5.91 Å². The number of hydrogen-bond acceptors (Lipinski definition) is 2. The monoisotopic (exact) mass is 405 g/mol. The second-order valence-corrected chi connectivity index (χ2v) is 7.10. The van der Waals surface area contributed by atoms with E-state index in [1.54, 1.807) is 60.7 Å².